The molecule has 1 aliphatic heterocycles. The summed E-state index contributed by atoms with van der Waals surface area (Å²) < 4.78 is 23.7. The van der Waals surface area contributed by atoms with Gasteiger partial charge in [0.15, 0.2) is 6.33 Å². The molecule has 1 aliphatic rings. The summed E-state index contributed by atoms with van der Waals surface area (Å²) in [6, 6.07) is 5.12. The maximum atomic E-state index is 14.5. The van der Waals surface area contributed by atoms with Crippen LogP contribution in [-0.2, 0) is 26.3 Å². The quantitative estimate of drug-likeness (QED) is 0.487. The number of rotatable bonds is 4. The van der Waals surface area contributed by atoms with Crippen LogP contribution in [0.4, 0.5) is 10.2 Å². The number of aromatic nitrogens is 5. The average Bonchev–Trinajstić information content (AvgIpc) is 3.45. The lowest BCUT2D eigenvalue weighted by Gasteiger charge is -2.11. The molecule has 1 aromatic carbocycles. The van der Waals surface area contributed by atoms with Crippen molar-refractivity contribution in [3.05, 3.63) is 70.6 Å². The van der Waals surface area contributed by atoms with E-state index in [0.717, 1.165) is 40.5 Å². The van der Waals surface area contributed by atoms with Gasteiger partial charge in [-0.15, -0.1) is 4.98 Å². The third-order valence-corrected chi connectivity index (χ3v) is 5.55. The van der Waals surface area contributed by atoms with Crippen LogP contribution < -0.4 is 4.74 Å². The Morgan fingerprint density at radius 3 is 2.90 bits per heavy atom. The molecule has 0 bridgehead atoms. The highest BCUT2D eigenvalue weighted by atomic mass is 19.1. The molecule has 0 fully saturated rings. The van der Waals surface area contributed by atoms with Crippen molar-refractivity contribution in [1.82, 2.24) is 24.1 Å². The van der Waals surface area contributed by atoms with Crippen LogP contribution in [-0.4, -0.2) is 30.8 Å². The fourth-order valence-electron chi connectivity index (χ4n) is 4.19. The zero-order valence-electron chi connectivity index (χ0n) is 16.7. The number of nitrogens with zero attached hydrogens (tertiary/aromatic N) is 6. The molecule has 0 saturated carbocycles. The van der Waals surface area contributed by atoms with Gasteiger partial charge < -0.3 is 9.58 Å². The second-order valence-electron chi connectivity index (χ2n) is 7.38. The van der Waals surface area contributed by atoms with Crippen molar-refractivity contribution in [1.29, 1.82) is 0 Å². The molecule has 30 heavy (non-hydrogen) atoms. The highest BCUT2D eigenvalue weighted by Crippen LogP contribution is 2.33. The number of ether oxygens (including phenoxy) is 1. The van der Waals surface area contributed by atoms with Crippen LogP contribution in [0.5, 0.6) is 5.75 Å². The van der Waals surface area contributed by atoms with Gasteiger partial charge in [-0.2, -0.15) is 5.10 Å². The van der Waals surface area contributed by atoms with Crippen LogP contribution in [0.3, 0.4) is 0 Å². The lowest BCUT2D eigenvalue weighted by molar-refractivity contribution is 0.356. The van der Waals surface area contributed by atoms with E-state index in [1.807, 2.05) is 24.4 Å². The number of aryl methyl sites for hydroxylation is 3. The normalized spacial score (nSPS) is 12.7. The standard InChI is InChI=1S/C22H19FN6O/c1-13-10-18(28(3)27-13)16-11-25-20(29-12-26-22(24-2)21(16)29)7-4-14-15-8-9-30-19(15)6-5-17(14)23/h5-6,10-12H,4,7-9H2,1,3H3. The van der Waals surface area contributed by atoms with E-state index in [2.05, 4.69) is 19.9 Å². The molecule has 0 aliphatic carbocycles. The highest BCUT2D eigenvalue weighted by Gasteiger charge is 2.21. The van der Waals surface area contributed by atoms with Gasteiger partial charge in [-0.05, 0) is 37.1 Å². The molecular weight excluding hydrogens is 383 g/mol. The molecule has 150 valence electrons. The Bertz CT molecular complexity index is 1330. The monoisotopic (exact) mass is 402 g/mol. The second-order valence-corrected chi connectivity index (χ2v) is 7.38. The molecule has 8 heteroatoms. The van der Waals surface area contributed by atoms with E-state index in [1.54, 1.807) is 23.3 Å². The predicted molar refractivity (Wildman–Crippen MR) is 109 cm³/mol. The zero-order chi connectivity index (χ0) is 20.8. The molecule has 4 heterocycles. The first-order chi connectivity index (χ1) is 14.6. The molecule has 4 aromatic rings. The molecular formula is C22H19FN6O. The fourth-order valence-corrected chi connectivity index (χ4v) is 4.19. The first kappa shape index (κ1) is 18.3. The molecule has 0 unspecified atom stereocenters. The Kier molecular flexibility index (Phi) is 4.24. The van der Waals surface area contributed by atoms with Gasteiger partial charge in [-0.25, -0.2) is 9.37 Å². The third-order valence-electron chi connectivity index (χ3n) is 5.55. The molecule has 0 spiro atoms. The minimum atomic E-state index is -0.218. The van der Waals surface area contributed by atoms with Gasteiger partial charge >= 0.3 is 0 Å². The predicted octanol–water partition coefficient (Wildman–Crippen LogP) is 3.85. The van der Waals surface area contributed by atoms with Gasteiger partial charge in [-0.1, -0.05) is 6.57 Å². The van der Waals surface area contributed by atoms with Crippen molar-refractivity contribution < 1.29 is 9.13 Å². The van der Waals surface area contributed by atoms with E-state index in [9.17, 15) is 4.39 Å². The van der Waals surface area contributed by atoms with Crippen molar-refractivity contribution in [3.63, 3.8) is 0 Å². The number of halogens is 1. The van der Waals surface area contributed by atoms with Gasteiger partial charge in [0.05, 0.1) is 23.5 Å². The lowest BCUT2D eigenvalue weighted by atomic mass is 10.00. The zero-order valence-corrected chi connectivity index (χ0v) is 16.7. The van der Waals surface area contributed by atoms with Gasteiger partial charge in [0.25, 0.3) is 5.82 Å². The van der Waals surface area contributed by atoms with Crippen LogP contribution in [0.1, 0.15) is 22.6 Å². The van der Waals surface area contributed by atoms with Crippen molar-refractivity contribution >= 4 is 11.3 Å². The molecule has 0 N–H and O–H groups in total. The average molecular weight is 402 g/mol. The van der Waals surface area contributed by atoms with E-state index in [-0.39, 0.29) is 5.82 Å². The molecule has 0 saturated heterocycles. The van der Waals surface area contributed by atoms with Gasteiger partial charge in [0.1, 0.15) is 17.4 Å². The molecule has 0 radical (unpaired) electrons. The number of imidazole rings is 1. The summed E-state index contributed by atoms with van der Waals surface area (Å²) in [5, 5.41) is 4.40. The SMILES string of the molecule is [C-]#[N+]c1ncn2c(CCc3c(F)ccc4c3CCO4)ncc(-c3cc(C)nn3C)c12. The van der Waals surface area contributed by atoms with E-state index in [4.69, 9.17) is 11.3 Å². The highest BCUT2D eigenvalue weighted by molar-refractivity contribution is 5.87. The Morgan fingerprint density at radius 2 is 2.13 bits per heavy atom. The smallest absolute Gasteiger partial charge is 0.296 e. The summed E-state index contributed by atoms with van der Waals surface area (Å²) in [7, 11) is 1.86. The number of fused-ring (bicyclic) bond motifs is 2. The van der Waals surface area contributed by atoms with Crippen molar-refractivity contribution in [2.24, 2.45) is 7.05 Å². The minimum absolute atomic E-state index is 0.218. The number of benzene rings is 1. The van der Waals surface area contributed by atoms with Crippen LogP contribution in [0, 0.1) is 19.3 Å². The molecule has 7 nitrogen and oxygen atoms in total. The number of hydrogen-bond acceptors (Lipinski definition) is 4. The van der Waals surface area contributed by atoms with Gasteiger partial charge in [0.2, 0.25) is 0 Å². The minimum Gasteiger partial charge on any atom is -0.493 e. The fraction of sp³-hybridized carbons (Fsp3) is 0.273. The first-order valence-electron chi connectivity index (χ1n) is 9.73. The summed E-state index contributed by atoms with van der Waals surface area (Å²) in [4.78, 5) is 12.5. The summed E-state index contributed by atoms with van der Waals surface area (Å²) in [5.41, 5.74) is 4.86. The summed E-state index contributed by atoms with van der Waals surface area (Å²) in [5.74, 6) is 1.59. The van der Waals surface area contributed by atoms with Crippen molar-refractivity contribution in [2.45, 2.75) is 26.2 Å². The summed E-state index contributed by atoms with van der Waals surface area (Å²) in [6.45, 7) is 10.0. The van der Waals surface area contributed by atoms with Crippen LogP contribution >= 0.6 is 0 Å². The van der Waals surface area contributed by atoms with E-state index < -0.39 is 0 Å². The van der Waals surface area contributed by atoms with Crippen LogP contribution in [0.25, 0.3) is 21.6 Å². The van der Waals surface area contributed by atoms with Crippen LogP contribution in [0.2, 0.25) is 0 Å². The molecule has 5 rings (SSSR count). The van der Waals surface area contributed by atoms with Crippen molar-refractivity contribution in [3.8, 4) is 17.0 Å². The Balaban J connectivity index is 1.57. The maximum absolute atomic E-state index is 14.5. The largest absolute Gasteiger partial charge is 0.493 e. The second kappa shape index (κ2) is 6.95. The van der Waals surface area contributed by atoms with E-state index >= 15 is 0 Å². The van der Waals surface area contributed by atoms with Gasteiger partial charge in [-0.3, -0.25) is 9.08 Å². The topological polar surface area (TPSA) is 61.6 Å². The first-order valence-corrected chi connectivity index (χ1v) is 9.73. The number of hydrogen-bond donors (Lipinski definition) is 0. The summed E-state index contributed by atoms with van der Waals surface area (Å²) >= 11 is 0. The molecule has 3 aromatic heterocycles. The Labute approximate surface area is 172 Å². The third kappa shape index (κ3) is 2.82. The molecule has 0 atom stereocenters. The molecule has 0 amide bonds. The Morgan fingerprint density at radius 1 is 1.27 bits per heavy atom. The maximum Gasteiger partial charge on any atom is 0.296 e. The van der Waals surface area contributed by atoms with Crippen LogP contribution in [0.15, 0.2) is 30.7 Å². The van der Waals surface area contributed by atoms with E-state index in [1.165, 1.54) is 6.07 Å². The van der Waals surface area contributed by atoms with E-state index in [0.29, 0.717) is 36.3 Å². The lowest BCUT2D eigenvalue weighted by Crippen LogP contribution is -2.06. The van der Waals surface area contributed by atoms with Gasteiger partial charge in [0, 0.05) is 37.2 Å². The summed E-state index contributed by atoms with van der Waals surface area (Å²) in [6.07, 6.45) is 5.11. The Hall–Kier alpha value is -3.73. The van der Waals surface area contributed by atoms with Crippen molar-refractivity contribution in [2.75, 3.05) is 6.61 Å².